The Balaban J connectivity index is 1.06. The average molecular weight is 823 g/mol. The van der Waals surface area contributed by atoms with Gasteiger partial charge in [0.25, 0.3) is 0 Å². The Labute approximate surface area is 347 Å². The number of fused-ring (bicyclic) bond motifs is 2. The Morgan fingerprint density at radius 1 is 0.949 bits per heavy atom. The van der Waals surface area contributed by atoms with Crippen molar-refractivity contribution in [2.24, 2.45) is 45.3 Å². The standard InChI is InChI=1S/C46H66N2O11/c1-41(2)34-33(51)35(52)45(27-12-5-4-6-13-27)32(44(34)24-56-40(54)43(39(44)59-41)17-9-10-18-43)15-19-42(3)36(57-38(53)37-46(42,45)58-37)29-16-20-55-31(29)21-26(30(50)23-49)11-7-8-14-28-22-47-25-48-28/h16,20,26-28,30,32,34-37,39,47-50,52H,4-15,17-19,21-25H2,1-3H3/t26-,28+,30+,32+,34+,35+,36-,37+,39-,42-,44+,45-,46+/m0/s1. The highest BCUT2D eigenvalue weighted by atomic mass is 16.7. The number of rotatable bonds is 11. The van der Waals surface area contributed by atoms with E-state index in [-0.39, 0.29) is 42.7 Å². The number of unbranched alkanes of at least 4 members (excludes halogenated alkanes) is 1. The zero-order valence-electron chi connectivity index (χ0n) is 35.2. The number of epoxide rings is 1. The molecular formula is C46H66N2O11. The molecule has 13 atom stereocenters. The number of esters is 2. The van der Waals surface area contributed by atoms with E-state index in [9.17, 15) is 24.9 Å². The summed E-state index contributed by atoms with van der Waals surface area (Å²) in [6.45, 7) is 7.46. The van der Waals surface area contributed by atoms with E-state index in [2.05, 4.69) is 17.6 Å². The number of Topliss-reactive ketones (excluding diaryl/α,β-unsaturated/α-hetero) is 1. The third kappa shape index (κ3) is 5.36. The second-order valence-electron chi connectivity index (χ2n) is 21.0. The molecule has 3 spiro atoms. The number of ketones is 1. The number of carbonyl (C=O) groups is 3. The van der Waals surface area contributed by atoms with E-state index in [4.69, 9.17) is 23.4 Å². The molecule has 9 fully saturated rings. The van der Waals surface area contributed by atoms with Crippen LogP contribution in [0.5, 0.6) is 0 Å². The molecule has 0 unspecified atom stereocenters. The zero-order chi connectivity index (χ0) is 41.2. The van der Waals surface area contributed by atoms with Gasteiger partial charge < -0.3 is 49.3 Å². The molecule has 326 valence electrons. The lowest BCUT2D eigenvalue weighted by Crippen LogP contribution is -2.79. The molecule has 13 heteroatoms. The molecule has 1 aromatic rings. The number of furan rings is 1. The Kier molecular flexibility index (Phi) is 9.87. The number of hydrogen-bond donors (Lipinski definition) is 5. The van der Waals surface area contributed by atoms with Gasteiger partial charge in [-0.1, -0.05) is 51.9 Å². The largest absolute Gasteiger partial charge is 0.469 e. The summed E-state index contributed by atoms with van der Waals surface area (Å²) in [6, 6.07) is 2.29. The van der Waals surface area contributed by atoms with Crippen LogP contribution < -0.4 is 10.6 Å². The summed E-state index contributed by atoms with van der Waals surface area (Å²) >= 11 is 0. The molecule has 6 heterocycles. The van der Waals surface area contributed by atoms with Crippen molar-refractivity contribution >= 4 is 17.7 Å². The van der Waals surface area contributed by atoms with Gasteiger partial charge in [-0.3, -0.25) is 9.59 Å². The molecule has 4 aliphatic carbocycles. The first-order chi connectivity index (χ1) is 28.3. The van der Waals surface area contributed by atoms with Gasteiger partial charge in [-0.25, -0.2) is 4.79 Å². The summed E-state index contributed by atoms with van der Waals surface area (Å²) in [4.78, 5) is 44.1. The number of hydrogen-bond acceptors (Lipinski definition) is 13. The van der Waals surface area contributed by atoms with E-state index in [0.29, 0.717) is 55.9 Å². The van der Waals surface area contributed by atoms with Crippen molar-refractivity contribution in [2.45, 2.75) is 171 Å². The molecule has 9 aliphatic rings. The highest BCUT2D eigenvalue weighted by Crippen LogP contribution is 2.83. The Hall–Kier alpha value is -2.39. The molecule has 5 N–H and O–H groups in total. The fourth-order valence-corrected chi connectivity index (χ4v) is 15.9. The second-order valence-corrected chi connectivity index (χ2v) is 21.0. The van der Waals surface area contributed by atoms with E-state index in [0.717, 1.165) is 77.4 Å². The first kappa shape index (κ1) is 40.7. The molecule has 59 heavy (non-hydrogen) atoms. The Bertz CT molecular complexity index is 1810. The third-order valence-electron chi connectivity index (χ3n) is 18.1. The molecule has 5 aliphatic heterocycles. The molecule has 13 nitrogen and oxygen atoms in total. The maximum atomic E-state index is 15.5. The highest BCUT2D eigenvalue weighted by Gasteiger charge is 2.93. The average Bonchev–Trinajstić information content (AvgIpc) is 3.70. The van der Waals surface area contributed by atoms with Crippen LogP contribution in [0, 0.1) is 45.3 Å². The maximum absolute atomic E-state index is 15.5. The van der Waals surface area contributed by atoms with Crippen molar-refractivity contribution in [3.05, 3.63) is 23.7 Å². The van der Waals surface area contributed by atoms with Crippen LogP contribution in [-0.2, 0) is 39.8 Å². The maximum Gasteiger partial charge on any atom is 0.339 e. The van der Waals surface area contributed by atoms with Crippen LogP contribution in [0.25, 0.3) is 0 Å². The van der Waals surface area contributed by atoms with Crippen LogP contribution in [-0.4, -0.2) is 101 Å². The lowest BCUT2D eigenvalue weighted by molar-refractivity contribution is -0.284. The van der Waals surface area contributed by atoms with Crippen LogP contribution in [0.2, 0.25) is 0 Å². The van der Waals surface area contributed by atoms with E-state index in [1.165, 1.54) is 0 Å². The topological polar surface area (TPSA) is 189 Å². The van der Waals surface area contributed by atoms with Crippen molar-refractivity contribution in [1.29, 1.82) is 0 Å². The van der Waals surface area contributed by atoms with Gasteiger partial charge in [-0.2, -0.15) is 0 Å². The molecule has 0 radical (unpaired) electrons. The van der Waals surface area contributed by atoms with E-state index < -0.39 is 75.3 Å². The lowest BCUT2D eigenvalue weighted by Gasteiger charge is -2.70. The van der Waals surface area contributed by atoms with Gasteiger partial charge in [-0.15, -0.1) is 0 Å². The minimum atomic E-state index is -1.43. The molecule has 0 aromatic carbocycles. The highest BCUT2D eigenvalue weighted by molar-refractivity contribution is 5.92. The smallest absolute Gasteiger partial charge is 0.339 e. The summed E-state index contributed by atoms with van der Waals surface area (Å²) < 4.78 is 33.2. The van der Waals surface area contributed by atoms with Crippen molar-refractivity contribution in [3.63, 3.8) is 0 Å². The fourth-order valence-electron chi connectivity index (χ4n) is 15.9. The van der Waals surface area contributed by atoms with E-state index in [1.54, 1.807) is 6.26 Å². The number of ether oxygens (including phenoxy) is 4. The first-order valence-electron chi connectivity index (χ1n) is 23.1. The predicted octanol–water partition coefficient (Wildman–Crippen LogP) is 4.43. The summed E-state index contributed by atoms with van der Waals surface area (Å²) in [5.41, 5.74) is -5.32. The van der Waals surface area contributed by atoms with Crippen LogP contribution in [0.3, 0.4) is 0 Å². The minimum Gasteiger partial charge on any atom is -0.469 e. The summed E-state index contributed by atoms with van der Waals surface area (Å²) in [5, 5.41) is 41.2. The monoisotopic (exact) mass is 822 g/mol. The minimum absolute atomic E-state index is 0.0454. The van der Waals surface area contributed by atoms with Gasteiger partial charge in [0.2, 0.25) is 0 Å². The van der Waals surface area contributed by atoms with Crippen molar-refractivity contribution in [2.75, 3.05) is 26.4 Å². The van der Waals surface area contributed by atoms with Gasteiger partial charge in [0.1, 0.15) is 30.2 Å². The second kappa shape index (κ2) is 14.3. The summed E-state index contributed by atoms with van der Waals surface area (Å²) in [5.74, 6) is -1.87. The molecule has 0 amide bonds. The number of cyclic esters (lactones) is 2. The van der Waals surface area contributed by atoms with Crippen molar-refractivity contribution in [1.82, 2.24) is 10.6 Å². The van der Waals surface area contributed by atoms with Crippen molar-refractivity contribution in [3.8, 4) is 0 Å². The number of aliphatic hydroxyl groups excluding tert-OH is 3. The van der Waals surface area contributed by atoms with Crippen LogP contribution >= 0.6 is 0 Å². The molecule has 0 bridgehead atoms. The third-order valence-corrected chi connectivity index (χ3v) is 18.1. The predicted molar refractivity (Wildman–Crippen MR) is 211 cm³/mol. The van der Waals surface area contributed by atoms with Crippen molar-refractivity contribution < 1.29 is 53.1 Å². The van der Waals surface area contributed by atoms with E-state index >= 15 is 4.79 Å². The normalized spacial score (nSPS) is 44.2. The molecule has 1 aromatic heterocycles. The van der Waals surface area contributed by atoms with Crippen LogP contribution in [0.1, 0.15) is 135 Å². The number of nitrogens with one attached hydrogen (secondary N) is 2. The fraction of sp³-hybridized carbons (Fsp3) is 0.848. The van der Waals surface area contributed by atoms with Gasteiger partial charge in [0.05, 0.1) is 42.0 Å². The van der Waals surface area contributed by atoms with Gasteiger partial charge in [0.15, 0.2) is 11.9 Å². The quantitative estimate of drug-likeness (QED) is 0.120. The number of aliphatic hydroxyl groups is 3. The van der Waals surface area contributed by atoms with Gasteiger partial charge in [-0.05, 0) is 89.0 Å². The number of carbonyl (C=O) groups excluding carboxylic acids is 3. The molecule has 4 saturated carbocycles. The SMILES string of the molecule is CC1(C)O[C@H]2C3(CCCC3)C(=O)OC[C@@]23[C@@H]1C(=O)[C@@H](O)[C@]1(C2CCCCC2)[C@@H]3CC[C@@]2(C)[C@H](c3ccoc3C[C@H](CCCC[C@@H]3CNCN3)[C@H](O)CO)OC(=O)[C@H]3O[C@@]312. The van der Waals surface area contributed by atoms with Gasteiger partial charge >= 0.3 is 11.9 Å². The summed E-state index contributed by atoms with van der Waals surface area (Å²) in [7, 11) is 0. The van der Waals surface area contributed by atoms with Crippen LogP contribution in [0.4, 0.5) is 0 Å². The Morgan fingerprint density at radius 3 is 2.46 bits per heavy atom. The molecule has 5 saturated heterocycles. The first-order valence-corrected chi connectivity index (χ1v) is 23.1. The lowest BCUT2D eigenvalue weighted by atomic mass is 9.32. The molecule has 10 rings (SSSR count). The van der Waals surface area contributed by atoms with Gasteiger partial charge in [0, 0.05) is 47.5 Å². The summed E-state index contributed by atoms with van der Waals surface area (Å²) in [6.07, 6.45) is 9.56. The van der Waals surface area contributed by atoms with E-state index in [1.807, 2.05) is 19.9 Å². The Morgan fingerprint density at radius 2 is 1.73 bits per heavy atom. The zero-order valence-corrected chi connectivity index (χ0v) is 35.2. The van der Waals surface area contributed by atoms with Crippen LogP contribution in [0.15, 0.2) is 16.7 Å². The molecular weight excluding hydrogens is 757 g/mol.